The number of halogens is 1. The highest BCUT2D eigenvalue weighted by Crippen LogP contribution is 2.32. The van der Waals surface area contributed by atoms with Gasteiger partial charge in [-0.1, -0.05) is 29.8 Å². The number of likely N-dealkylation sites (tertiary alicyclic amines) is 1. The minimum Gasteiger partial charge on any atom is -0.337 e. The quantitative estimate of drug-likeness (QED) is 0.407. The van der Waals surface area contributed by atoms with Crippen molar-refractivity contribution in [1.82, 2.24) is 24.3 Å². The first-order valence-corrected chi connectivity index (χ1v) is 12.2. The van der Waals surface area contributed by atoms with E-state index in [0.717, 1.165) is 35.9 Å². The lowest BCUT2D eigenvalue weighted by atomic mass is 10.1. The molecule has 9 heteroatoms. The highest BCUT2D eigenvalue weighted by Gasteiger charge is 2.27. The molecule has 0 spiro atoms. The Kier molecular flexibility index (Phi) is 7.83. The van der Waals surface area contributed by atoms with Crippen molar-refractivity contribution in [3.63, 3.8) is 0 Å². The Labute approximate surface area is 210 Å². The summed E-state index contributed by atoms with van der Waals surface area (Å²) in [5.41, 5.74) is 3.24. The molecule has 1 aromatic carbocycles. The Balaban J connectivity index is 1.67. The Morgan fingerprint density at radius 2 is 2.06 bits per heavy atom. The third-order valence-corrected chi connectivity index (χ3v) is 6.40. The van der Waals surface area contributed by atoms with Crippen molar-refractivity contribution in [3.8, 4) is 0 Å². The van der Waals surface area contributed by atoms with Crippen molar-refractivity contribution in [1.29, 1.82) is 0 Å². The average Bonchev–Trinajstić information content (AvgIpc) is 3.01. The minimum atomic E-state index is -0.309. The van der Waals surface area contributed by atoms with E-state index in [1.54, 1.807) is 18.2 Å². The van der Waals surface area contributed by atoms with Crippen molar-refractivity contribution >= 4 is 40.4 Å². The molecule has 184 valence electrons. The zero-order valence-electron chi connectivity index (χ0n) is 20.4. The molecule has 0 saturated carbocycles. The van der Waals surface area contributed by atoms with Crippen LogP contribution in [0.3, 0.4) is 0 Å². The van der Waals surface area contributed by atoms with Crippen LogP contribution in [0.4, 0.5) is 5.95 Å². The topological polar surface area (TPSA) is 83.4 Å². The van der Waals surface area contributed by atoms with Gasteiger partial charge in [0.1, 0.15) is 5.15 Å². The average molecular weight is 495 g/mol. The molecule has 1 N–H and O–H groups in total. The molecule has 2 amide bonds. The fourth-order valence-electron chi connectivity index (χ4n) is 4.45. The molecule has 0 aliphatic carbocycles. The number of imidazole rings is 1. The molecule has 1 aliphatic rings. The number of hydrogen-bond acceptors (Lipinski definition) is 5. The summed E-state index contributed by atoms with van der Waals surface area (Å²) >= 11 is 5.88. The smallest absolute Gasteiger partial charge is 0.259 e. The first-order valence-electron chi connectivity index (χ1n) is 11.8. The van der Waals surface area contributed by atoms with Gasteiger partial charge in [0.2, 0.25) is 11.9 Å². The van der Waals surface area contributed by atoms with E-state index < -0.39 is 0 Å². The molecule has 3 aromatic rings. The van der Waals surface area contributed by atoms with E-state index in [9.17, 15) is 9.59 Å². The van der Waals surface area contributed by atoms with Crippen LogP contribution >= 0.6 is 11.6 Å². The summed E-state index contributed by atoms with van der Waals surface area (Å²) in [4.78, 5) is 38.7. The van der Waals surface area contributed by atoms with Gasteiger partial charge in [-0.15, -0.1) is 0 Å². The zero-order chi connectivity index (χ0) is 24.9. The summed E-state index contributed by atoms with van der Waals surface area (Å²) in [5.74, 6) is 0.172. The molecule has 1 unspecified atom stereocenters. The standard InChI is InChI=1S/C26H31ClN6O2/c1-18-8-6-10-21-24(18)33(26(29-21)30-25(35)19-12-13-22(27)28-16-19)20-9-4-5-15-32(17-20)23(34)11-7-14-31(2)3/h6-8,10-13,16,20H,4-5,9,14-15,17H2,1-3H3,(H,29,30,35)/b11-7+. The second-order valence-electron chi connectivity index (χ2n) is 9.17. The molecule has 1 aliphatic heterocycles. The number of fused-ring (bicyclic) bond motifs is 1. The second-order valence-corrected chi connectivity index (χ2v) is 9.56. The van der Waals surface area contributed by atoms with E-state index in [0.29, 0.717) is 36.3 Å². The van der Waals surface area contributed by atoms with Crippen molar-refractivity contribution in [3.05, 3.63) is 65.0 Å². The number of amides is 2. The maximum absolute atomic E-state index is 13.0. The number of benzene rings is 1. The van der Waals surface area contributed by atoms with Gasteiger partial charge in [0.05, 0.1) is 22.6 Å². The molecule has 3 heterocycles. The number of aromatic nitrogens is 3. The number of aryl methyl sites for hydroxylation is 1. The summed E-state index contributed by atoms with van der Waals surface area (Å²) in [6.45, 7) is 4.02. The third-order valence-electron chi connectivity index (χ3n) is 6.18. The van der Waals surface area contributed by atoms with E-state index >= 15 is 0 Å². The number of nitrogens with one attached hydrogen (secondary N) is 1. The number of para-hydroxylation sites is 1. The van der Waals surface area contributed by atoms with Crippen molar-refractivity contribution < 1.29 is 9.59 Å². The summed E-state index contributed by atoms with van der Waals surface area (Å²) in [6, 6.07) is 9.15. The molecule has 1 fully saturated rings. The van der Waals surface area contributed by atoms with Crippen molar-refractivity contribution in [2.75, 3.05) is 39.0 Å². The van der Waals surface area contributed by atoms with Crippen LogP contribution in [-0.2, 0) is 4.79 Å². The van der Waals surface area contributed by atoms with Crippen LogP contribution in [-0.4, -0.2) is 69.9 Å². The van der Waals surface area contributed by atoms with Crippen molar-refractivity contribution in [2.24, 2.45) is 0 Å². The molecule has 8 nitrogen and oxygen atoms in total. The Bertz CT molecular complexity index is 1230. The Morgan fingerprint density at radius 3 is 2.80 bits per heavy atom. The molecular weight excluding hydrogens is 464 g/mol. The van der Waals surface area contributed by atoms with E-state index in [4.69, 9.17) is 16.6 Å². The number of carbonyl (C=O) groups excluding carboxylic acids is 2. The van der Waals surface area contributed by atoms with Crippen molar-refractivity contribution in [2.45, 2.75) is 32.2 Å². The van der Waals surface area contributed by atoms with Gasteiger partial charge in [0.15, 0.2) is 0 Å². The molecule has 0 radical (unpaired) electrons. The lowest BCUT2D eigenvalue weighted by Gasteiger charge is -2.26. The number of likely N-dealkylation sites (N-methyl/N-ethyl adjacent to an activating group) is 1. The Morgan fingerprint density at radius 1 is 1.23 bits per heavy atom. The maximum Gasteiger partial charge on any atom is 0.259 e. The van der Waals surface area contributed by atoms with Crippen LogP contribution in [0.1, 0.15) is 41.2 Å². The molecule has 0 bridgehead atoms. The lowest BCUT2D eigenvalue weighted by molar-refractivity contribution is -0.126. The molecule has 1 saturated heterocycles. The predicted molar refractivity (Wildman–Crippen MR) is 139 cm³/mol. The maximum atomic E-state index is 13.0. The summed E-state index contributed by atoms with van der Waals surface area (Å²) < 4.78 is 2.10. The highest BCUT2D eigenvalue weighted by atomic mass is 35.5. The normalized spacial score (nSPS) is 16.7. The summed E-state index contributed by atoms with van der Waals surface area (Å²) in [5, 5.41) is 3.30. The summed E-state index contributed by atoms with van der Waals surface area (Å²) in [7, 11) is 3.94. The largest absolute Gasteiger partial charge is 0.337 e. The fraction of sp³-hybridized carbons (Fsp3) is 0.385. The van der Waals surface area contributed by atoms with Gasteiger partial charge in [-0.2, -0.15) is 0 Å². The van der Waals surface area contributed by atoms with Crippen LogP contribution in [0.15, 0.2) is 48.7 Å². The van der Waals surface area contributed by atoms with Gasteiger partial charge in [0, 0.05) is 31.9 Å². The van der Waals surface area contributed by atoms with Crippen LogP contribution in [0, 0.1) is 6.92 Å². The molecule has 35 heavy (non-hydrogen) atoms. The predicted octanol–water partition coefficient (Wildman–Crippen LogP) is 4.32. The zero-order valence-corrected chi connectivity index (χ0v) is 21.1. The van der Waals surface area contributed by atoms with Crippen LogP contribution in [0.25, 0.3) is 11.0 Å². The minimum absolute atomic E-state index is 0.0118. The second kappa shape index (κ2) is 11.0. The van der Waals surface area contributed by atoms with Gasteiger partial charge in [-0.25, -0.2) is 9.97 Å². The molecule has 1 atom stereocenters. The van der Waals surface area contributed by atoms with E-state index in [1.807, 2.05) is 55.1 Å². The Hall–Kier alpha value is -3.23. The first kappa shape index (κ1) is 24.9. The van der Waals surface area contributed by atoms with Gasteiger partial charge >= 0.3 is 0 Å². The number of nitrogens with zero attached hydrogens (tertiary/aromatic N) is 5. The summed E-state index contributed by atoms with van der Waals surface area (Å²) in [6.07, 6.45) is 7.81. The SMILES string of the molecule is Cc1cccc2nc(NC(=O)c3ccc(Cl)nc3)n(C3CCCCN(C(=O)/C=C/CN(C)C)C3)c12. The van der Waals surface area contributed by atoms with Gasteiger partial charge in [0.25, 0.3) is 5.91 Å². The van der Waals surface area contributed by atoms with Crippen LogP contribution in [0.5, 0.6) is 0 Å². The number of pyridine rings is 1. The van der Waals surface area contributed by atoms with Crippen LogP contribution in [0.2, 0.25) is 5.15 Å². The number of hydrogen-bond donors (Lipinski definition) is 1. The first-order chi connectivity index (χ1) is 16.8. The monoisotopic (exact) mass is 494 g/mol. The van der Waals surface area contributed by atoms with Crippen LogP contribution < -0.4 is 5.32 Å². The molecule has 4 rings (SSSR count). The van der Waals surface area contributed by atoms with E-state index in [-0.39, 0.29) is 17.9 Å². The fourth-order valence-corrected chi connectivity index (χ4v) is 4.56. The van der Waals surface area contributed by atoms with Gasteiger partial charge < -0.3 is 14.4 Å². The number of rotatable bonds is 6. The van der Waals surface area contributed by atoms with Gasteiger partial charge in [-0.05, 0) is 64.0 Å². The lowest BCUT2D eigenvalue weighted by Crippen LogP contribution is -2.35. The highest BCUT2D eigenvalue weighted by molar-refractivity contribution is 6.29. The van der Waals surface area contributed by atoms with E-state index in [1.165, 1.54) is 6.20 Å². The van der Waals surface area contributed by atoms with E-state index in [2.05, 4.69) is 14.9 Å². The van der Waals surface area contributed by atoms with Gasteiger partial charge in [-0.3, -0.25) is 14.9 Å². The molecule has 2 aromatic heterocycles. The number of carbonyl (C=O) groups is 2. The number of anilines is 1. The molecular formula is C26H31ClN6O2. The third kappa shape index (κ3) is 5.89.